The van der Waals surface area contributed by atoms with E-state index in [2.05, 4.69) is 4.98 Å². The molecule has 6 nitrogen and oxygen atoms in total. The Hall–Kier alpha value is -2.97. The lowest BCUT2D eigenvalue weighted by atomic mass is 10.0. The number of halogens is 3. The highest BCUT2D eigenvalue weighted by atomic mass is 19.4. The standard InChI is InChI=1S/C21H22F3N3O3/c1-29-16-4-3-5-17(30-2)19(16)20(28)27-11-13-9-26(10-14(13)12-27)18-7-6-15(8-25-18)21(22,23)24/h3-8,13-14H,9-12H2,1-2H3. The summed E-state index contributed by atoms with van der Waals surface area (Å²) in [6.45, 7) is 2.44. The van der Waals surface area contributed by atoms with E-state index in [1.165, 1.54) is 20.3 Å². The Kier molecular flexibility index (Phi) is 5.21. The van der Waals surface area contributed by atoms with Gasteiger partial charge in [-0.3, -0.25) is 4.79 Å². The van der Waals surface area contributed by atoms with E-state index in [9.17, 15) is 18.0 Å². The van der Waals surface area contributed by atoms with Crippen LogP contribution < -0.4 is 14.4 Å². The second-order valence-electron chi connectivity index (χ2n) is 7.58. The Morgan fingerprint density at radius 2 is 1.60 bits per heavy atom. The third kappa shape index (κ3) is 3.64. The van der Waals surface area contributed by atoms with Gasteiger partial charge < -0.3 is 19.3 Å². The number of methoxy groups -OCH3 is 2. The summed E-state index contributed by atoms with van der Waals surface area (Å²) in [6.07, 6.45) is -3.53. The van der Waals surface area contributed by atoms with E-state index in [0.29, 0.717) is 49.1 Å². The minimum Gasteiger partial charge on any atom is -0.496 e. The number of nitrogens with zero attached hydrogens (tertiary/aromatic N) is 3. The molecule has 1 aromatic heterocycles. The van der Waals surface area contributed by atoms with Crippen molar-refractivity contribution in [2.24, 2.45) is 11.8 Å². The molecule has 4 rings (SSSR count). The van der Waals surface area contributed by atoms with Crippen molar-refractivity contribution < 1.29 is 27.4 Å². The molecule has 0 radical (unpaired) electrons. The van der Waals surface area contributed by atoms with Crippen molar-refractivity contribution in [1.82, 2.24) is 9.88 Å². The smallest absolute Gasteiger partial charge is 0.417 e. The number of carbonyl (C=O) groups excluding carboxylic acids is 1. The minimum absolute atomic E-state index is 0.141. The molecule has 1 amide bonds. The number of amides is 1. The highest BCUT2D eigenvalue weighted by Crippen LogP contribution is 2.37. The summed E-state index contributed by atoms with van der Waals surface area (Å²) >= 11 is 0. The molecule has 30 heavy (non-hydrogen) atoms. The maximum absolute atomic E-state index is 13.2. The Balaban J connectivity index is 1.45. The van der Waals surface area contributed by atoms with Gasteiger partial charge in [0.15, 0.2) is 0 Å². The van der Waals surface area contributed by atoms with Crippen LogP contribution in [0.3, 0.4) is 0 Å². The van der Waals surface area contributed by atoms with Crippen LogP contribution in [0, 0.1) is 11.8 Å². The maximum atomic E-state index is 13.2. The van der Waals surface area contributed by atoms with Crippen molar-refractivity contribution in [2.75, 3.05) is 45.3 Å². The predicted octanol–water partition coefficient (Wildman–Crippen LogP) is 3.33. The van der Waals surface area contributed by atoms with Gasteiger partial charge in [-0.05, 0) is 24.3 Å². The van der Waals surface area contributed by atoms with Gasteiger partial charge in [-0.1, -0.05) is 6.07 Å². The van der Waals surface area contributed by atoms with E-state index < -0.39 is 11.7 Å². The summed E-state index contributed by atoms with van der Waals surface area (Å²) < 4.78 is 48.9. The van der Waals surface area contributed by atoms with Crippen LogP contribution in [0.4, 0.5) is 19.0 Å². The van der Waals surface area contributed by atoms with Gasteiger partial charge in [-0.25, -0.2) is 4.98 Å². The molecule has 0 spiro atoms. The first-order valence-corrected chi connectivity index (χ1v) is 9.60. The highest BCUT2D eigenvalue weighted by molar-refractivity contribution is 6.00. The van der Waals surface area contributed by atoms with Crippen LogP contribution in [0.2, 0.25) is 0 Å². The van der Waals surface area contributed by atoms with Crippen molar-refractivity contribution in [3.8, 4) is 11.5 Å². The zero-order valence-electron chi connectivity index (χ0n) is 16.6. The number of anilines is 1. The molecule has 2 atom stereocenters. The van der Waals surface area contributed by atoms with E-state index >= 15 is 0 Å². The number of aromatic nitrogens is 1. The van der Waals surface area contributed by atoms with Crippen LogP contribution in [0.1, 0.15) is 15.9 Å². The third-order valence-corrected chi connectivity index (χ3v) is 5.81. The second kappa shape index (κ2) is 7.70. The van der Waals surface area contributed by atoms with Gasteiger partial charge in [0.2, 0.25) is 0 Å². The van der Waals surface area contributed by atoms with Gasteiger partial charge in [0.1, 0.15) is 22.9 Å². The molecule has 3 heterocycles. The molecule has 2 aliphatic heterocycles. The van der Waals surface area contributed by atoms with Crippen LogP contribution in [-0.4, -0.2) is 56.2 Å². The van der Waals surface area contributed by atoms with Crippen LogP contribution in [0.15, 0.2) is 36.5 Å². The van der Waals surface area contributed by atoms with Crippen LogP contribution >= 0.6 is 0 Å². The lowest BCUT2D eigenvalue weighted by molar-refractivity contribution is -0.137. The lowest BCUT2D eigenvalue weighted by Crippen LogP contribution is -2.34. The number of fused-ring (bicyclic) bond motifs is 1. The van der Waals surface area contributed by atoms with Crippen molar-refractivity contribution in [2.45, 2.75) is 6.18 Å². The molecule has 2 unspecified atom stereocenters. The molecule has 2 fully saturated rings. The number of carbonyl (C=O) groups is 1. The molecule has 0 aliphatic carbocycles. The monoisotopic (exact) mass is 421 g/mol. The Morgan fingerprint density at radius 3 is 2.07 bits per heavy atom. The van der Waals surface area contributed by atoms with Gasteiger partial charge in [-0.15, -0.1) is 0 Å². The molecular formula is C21H22F3N3O3. The molecule has 1 aromatic carbocycles. The van der Waals surface area contributed by atoms with Gasteiger partial charge in [0.05, 0.1) is 19.8 Å². The topological polar surface area (TPSA) is 54.9 Å². The maximum Gasteiger partial charge on any atom is 0.417 e. The molecule has 2 saturated heterocycles. The van der Waals surface area contributed by atoms with Crippen LogP contribution in [-0.2, 0) is 6.18 Å². The van der Waals surface area contributed by atoms with Gasteiger partial charge >= 0.3 is 6.18 Å². The molecule has 9 heteroatoms. The first kappa shape index (κ1) is 20.3. The number of ether oxygens (including phenoxy) is 2. The number of alkyl halides is 3. The van der Waals surface area contributed by atoms with Crippen molar-refractivity contribution in [1.29, 1.82) is 0 Å². The largest absolute Gasteiger partial charge is 0.496 e. The Bertz CT molecular complexity index is 897. The van der Waals surface area contributed by atoms with Gasteiger partial charge in [0.25, 0.3) is 5.91 Å². The fourth-order valence-electron chi connectivity index (χ4n) is 4.31. The summed E-state index contributed by atoms with van der Waals surface area (Å²) in [7, 11) is 3.03. The predicted molar refractivity (Wildman–Crippen MR) is 104 cm³/mol. The van der Waals surface area contributed by atoms with E-state index in [1.54, 1.807) is 23.1 Å². The second-order valence-corrected chi connectivity index (χ2v) is 7.58. The zero-order chi connectivity index (χ0) is 21.5. The number of hydrogen-bond donors (Lipinski definition) is 0. The highest BCUT2D eigenvalue weighted by Gasteiger charge is 2.43. The number of likely N-dealkylation sites (tertiary alicyclic amines) is 1. The molecular weight excluding hydrogens is 399 g/mol. The normalized spacial score (nSPS) is 21.0. The van der Waals surface area contributed by atoms with E-state index in [-0.39, 0.29) is 17.7 Å². The summed E-state index contributed by atoms with van der Waals surface area (Å²) in [5.74, 6) is 1.79. The van der Waals surface area contributed by atoms with E-state index in [1.807, 2.05) is 4.90 Å². The molecule has 0 saturated carbocycles. The van der Waals surface area contributed by atoms with Crippen LogP contribution in [0.5, 0.6) is 11.5 Å². The first-order chi connectivity index (χ1) is 14.3. The lowest BCUT2D eigenvalue weighted by Gasteiger charge is -2.24. The molecule has 2 aromatic rings. The fourth-order valence-corrected chi connectivity index (χ4v) is 4.31. The average molecular weight is 421 g/mol. The molecule has 160 valence electrons. The van der Waals surface area contributed by atoms with Gasteiger partial charge in [0, 0.05) is 44.2 Å². The molecule has 2 aliphatic rings. The summed E-state index contributed by atoms with van der Waals surface area (Å²) in [5, 5.41) is 0. The van der Waals surface area contributed by atoms with Crippen molar-refractivity contribution in [3.63, 3.8) is 0 Å². The zero-order valence-corrected chi connectivity index (χ0v) is 16.6. The SMILES string of the molecule is COc1cccc(OC)c1C(=O)N1CC2CN(c3ccc(C(F)(F)F)cn3)CC2C1. The third-order valence-electron chi connectivity index (χ3n) is 5.81. The quantitative estimate of drug-likeness (QED) is 0.758. The Morgan fingerprint density at radius 1 is 1.00 bits per heavy atom. The van der Waals surface area contributed by atoms with E-state index in [0.717, 1.165) is 12.3 Å². The summed E-state index contributed by atoms with van der Waals surface area (Å²) in [4.78, 5) is 20.9. The number of benzene rings is 1. The summed E-state index contributed by atoms with van der Waals surface area (Å²) in [5.41, 5.74) is -0.350. The Labute approximate surface area is 172 Å². The number of rotatable bonds is 4. The fraction of sp³-hybridized carbons (Fsp3) is 0.429. The molecule has 0 bridgehead atoms. The first-order valence-electron chi connectivity index (χ1n) is 9.60. The van der Waals surface area contributed by atoms with E-state index in [4.69, 9.17) is 9.47 Å². The van der Waals surface area contributed by atoms with Crippen LogP contribution in [0.25, 0.3) is 0 Å². The number of hydrogen-bond acceptors (Lipinski definition) is 5. The average Bonchev–Trinajstić information content (AvgIpc) is 3.31. The van der Waals surface area contributed by atoms with Crippen molar-refractivity contribution in [3.05, 3.63) is 47.7 Å². The summed E-state index contributed by atoms with van der Waals surface area (Å²) in [6, 6.07) is 7.68. The van der Waals surface area contributed by atoms with Crippen molar-refractivity contribution >= 4 is 11.7 Å². The minimum atomic E-state index is -4.40. The molecule has 0 N–H and O–H groups in total. The van der Waals surface area contributed by atoms with Gasteiger partial charge in [-0.2, -0.15) is 13.2 Å². The number of pyridine rings is 1.